The minimum Gasteiger partial charge on any atom is -0.493 e. The molecule has 0 bridgehead atoms. The van der Waals surface area contributed by atoms with E-state index in [1.807, 2.05) is 18.2 Å². The van der Waals surface area contributed by atoms with E-state index in [4.69, 9.17) is 14.2 Å². The van der Waals surface area contributed by atoms with Gasteiger partial charge < -0.3 is 18.8 Å². The van der Waals surface area contributed by atoms with Crippen molar-refractivity contribution in [2.75, 3.05) is 21.3 Å². The van der Waals surface area contributed by atoms with Crippen LogP contribution in [0.2, 0.25) is 0 Å². The highest BCUT2D eigenvalue weighted by Crippen LogP contribution is 2.41. The van der Waals surface area contributed by atoms with Crippen molar-refractivity contribution in [3.05, 3.63) is 72.9 Å². The second-order valence-electron chi connectivity index (χ2n) is 6.18. The third-order valence-corrected chi connectivity index (χ3v) is 4.74. The number of rotatable bonds is 5. The first kappa shape index (κ1) is 17.0. The maximum Gasteiger partial charge on any atom is 0.203 e. The Balaban J connectivity index is 1.93. The van der Waals surface area contributed by atoms with Gasteiger partial charge in [-0.25, -0.2) is 0 Å². The van der Waals surface area contributed by atoms with E-state index in [-0.39, 0.29) is 0 Å². The van der Waals surface area contributed by atoms with E-state index in [2.05, 4.69) is 59.3 Å². The summed E-state index contributed by atoms with van der Waals surface area (Å²) in [6, 6.07) is 22.8. The Kier molecular flexibility index (Phi) is 4.47. The van der Waals surface area contributed by atoms with Crippen molar-refractivity contribution in [3.63, 3.8) is 0 Å². The lowest BCUT2D eigenvalue weighted by Crippen LogP contribution is -1.99. The Bertz CT molecular complexity index is 1070. The number of hydrogen-bond acceptors (Lipinski definition) is 3. The predicted molar refractivity (Wildman–Crippen MR) is 108 cm³/mol. The number of fused-ring (bicyclic) bond motifs is 1. The van der Waals surface area contributed by atoms with Gasteiger partial charge in [-0.15, -0.1) is 0 Å². The first-order chi connectivity index (χ1) is 13.3. The summed E-state index contributed by atoms with van der Waals surface area (Å²) < 4.78 is 18.7. The predicted octanol–water partition coefficient (Wildman–Crippen LogP) is 5.32. The van der Waals surface area contributed by atoms with Crippen LogP contribution in [0.1, 0.15) is 0 Å². The Morgan fingerprint density at radius 3 is 2.11 bits per heavy atom. The van der Waals surface area contributed by atoms with Crippen LogP contribution in [-0.2, 0) is 0 Å². The summed E-state index contributed by atoms with van der Waals surface area (Å²) in [5.41, 5.74) is 3.16. The van der Waals surface area contributed by atoms with Gasteiger partial charge in [0.05, 0.1) is 32.7 Å². The van der Waals surface area contributed by atoms with Gasteiger partial charge in [0.2, 0.25) is 5.75 Å². The van der Waals surface area contributed by atoms with E-state index in [0.29, 0.717) is 17.2 Å². The molecule has 3 aromatic carbocycles. The molecule has 136 valence electrons. The van der Waals surface area contributed by atoms with Gasteiger partial charge >= 0.3 is 0 Å². The lowest BCUT2D eigenvalue weighted by Gasteiger charge is -2.16. The molecule has 1 aromatic heterocycles. The maximum atomic E-state index is 5.52. The molecule has 4 aromatic rings. The summed E-state index contributed by atoms with van der Waals surface area (Å²) in [7, 11) is 4.87. The van der Waals surface area contributed by atoms with Crippen molar-refractivity contribution in [1.29, 1.82) is 0 Å². The number of ether oxygens (including phenoxy) is 3. The zero-order chi connectivity index (χ0) is 18.8. The zero-order valence-electron chi connectivity index (χ0n) is 15.6. The van der Waals surface area contributed by atoms with Crippen LogP contribution in [0.5, 0.6) is 17.2 Å². The molecule has 4 rings (SSSR count). The van der Waals surface area contributed by atoms with Gasteiger partial charge in [0.1, 0.15) is 0 Å². The number of methoxy groups -OCH3 is 3. The van der Waals surface area contributed by atoms with Crippen LogP contribution in [0.15, 0.2) is 72.9 Å². The topological polar surface area (TPSA) is 32.6 Å². The summed E-state index contributed by atoms with van der Waals surface area (Å²) in [5, 5.41) is 2.41. The number of nitrogens with zero attached hydrogens (tertiary/aromatic N) is 1. The van der Waals surface area contributed by atoms with Crippen molar-refractivity contribution in [2.24, 2.45) is 0 Å². The van der Waals surface area contributed by atoms with Crippen molar-refractivity contribution in [2.45, 2.75) is 0 Å². The summed E-state index contributed by atoms with van der Waals surface area (Å²) in [6.45, 7) is 0. The molecular formula is C23H21NO3. The second kappa shape index (κ2) is 7.08. The number of aromatic nitrogens is 1. The van der Waals surface area contributed by atoms with Crippen LogP contribution in [-0.4, -0.2) is 25.9 Å². The summed E-state index contributed by atoms with van der Waals surface area (Å²) >= 11 is 0. The van der Waals surface area contributed by atoms with E-state index in [1.54, 1.807) is 21.3 Å². The maximum absolute atomic E-state index is 5.52. The van der Waals surface area contributed by atoms with Crippen LogP contribution in [0, 0.1) is 0 Å². The van der Waals surface area contributed by atoms with Crippen molar-refractivity contribution >= 4 is 10.8 Å². The molecule has 0 unspecified atom stereocenters. The summed E-state index contributed by atoms with van der Waals surface area (Å²) in [5.74, 6) is 1.86. The number of hydrogen-bond donors (Lipinski definition) is 0. The minimum atomic E-state index is 0.590. The monoisotopic (exact) mass is 359 g/mol. The number of benzene rings is 3. The molecule has 4 nitrogen and oxygen atoms in total. The fraction of sp³-hybridized carbons (Fsp3) is 0.130. The van der Waals surface area contributed by atoms with Gasteiger partial charge in [0.15, 0.2) is 11.5 Å². The summed E-state index contributed by atoms with van der Waals surface area (Å²) in [6.07, 6.45) is 2.07. The highest BCUT2D eigenvalue weighted by Gasteiger charge is 2.16. The molecule has 1 heterocycles. The molecular weight excluding hydrogens is 338 g/mol. The Morgan fingerprint density at radius 2 is 1.41 bits per heavy atom. The average Bonchev–Trinajstić information content (AvgIpc) is 3.21. The first-order valence-corrected chi connectivity index (χ1v) is 8.72. The molecule has 0 fully saturated rings. The van der Waals surface area contributed by atoms with Gasteiger partial charge in [-0.2, -0.15) is 0 Å². The second-order valence-corrected chi connectivity index (χ2v) is 6.18. The third kappa shape index (κ3) is 2.89. The van der Waals surface area contributed by atoms with Crippen LogP contribution >= 0.6 is 0 Å². The lowest BCUT2D eigenvalue weighted by molar-refractivity contribution is 0.324. The fourth-order valence-electron chi connectivity index (χ4n) is 3.47. The lowest BCUT2D eigenvalue weighted by atomic mass is 10.1. The van der Waals surface area contributed by atoms with Crippen molar-refractivity contribution in [3.8, 4) is 34.2 Å². The molecule has 0 aliphatic carbocycles. The SMILES string of the molecule is COc1cc(-c2cccn2-c2cccc3ccccc23)cc(OC)c1OC. The van der Waals surface area contributed by atoms with Gasteiger partial charge in [-0.1, -0.05) is 36.4 Å². The van der Waals surface area contributed by atoms with Crippen molar-refractivity contribution in [1.82, 2.24) is 4.57 Å². The smallest absolute Gasteiger partial charge is 0.203 e. The molecule has 0 saturated heterocycles. The highest BCUT2D eigenvalue weighted by molar-refractivity contribution is 5.91. The molecule has 0 radical (unpaired) electrons. The van der Waals surface area contributed by atoms with E-state index >= 15 is 0 Å². The normalized spacial score (nSPS) is 10.8. The van der Waals surface area contributed by atoms with E-state index in [0.717, 1.165) is 16.9 Å². The van der Waals surface area contributed by atoms with Gasteiger partial charge in [0, 0.05) is 17.1 Å². The molecule has 0 amide bonds. The van der Waals surface area contributed by atoms with Crippen LogP contribution in [0.4, 0.5) is 0 Å². The molecule has 0 N–H and O–H groups in total. The molecule has 0 aliphatic rings. The standard InChI is InChI=1S/C23H21NO3/c1-25-21-14-17(15-22(26-2)23(21)27-3)19-12-7-13-24(19)20-11-6-9-16-8-4-5-10-18(16)20/h4-15H,1-3H3. The quantitative estimate of drug-likeness (QED) is 0.483. The molecule has 0 aliphatic heterocycles. The molecule has 0 saturated carbocycles. The first-order valence-electron chi connectivity index (χ1n) is 8.72. The largest absolute Gasteiger partial charge is 0.493 e. The van der Waals surface area contributed by atoms with Gasteiger partial charge in [-0.05, 0) is 35.7 Å². The Hall–Kier alpha value is -3.40. The van der Waals surface area contributed by atoms with Crippen molar-refractivity contribution < 1.29 is 14.2 Å². The van der Waals surface area contributed by atoms with Gasteiger partial charge in [-0.3, -0.25) is 0 Å². The Labute approximate surface area is 158 Å². The molecule has 4 heteroatoms. The van der Waals surface area contributed by atoms with Crippen LogP contribution in [0.25, 0.3) is 27.7 Å². The van der Waals surface area contributed by atoms with Gasteiger partial charge in [0.25, 0.3) is 0 Å². The van der Waals surface area contributed by atoms with E-state index < -0.39 is 0 Å². The zero-order valence-corrected chi connectivity index (χ0v) is 15.6. The average molecular weight is 359 g/mol. The fourth-order valence-corrected chi connectivity index (χ4v) is 3.47. The third-order valence-electron chi connectivity index (χ3n) is 4.74. The molecule has 0 spiro atoms. The van der Waals surface area contributed by atoms with E-state index in [1.165, 1.54) is 10.8 Å². The Morgan fingerprint density at radius 1 is 0.704 bits per heavy atom. The van der Waals surface area contributed by atoms with Crippen LogP contribution < -0.4 is 14.2 Å². The highest BCUT2D eigenvalue weighted by atomic mass is 16.5. The van der Waals surface area contributed by atoms with Crippen LogP contribution in [0.3, 0.4) is 0 Å². The van der Waals surface area contributed by atoms with E-state index in [9.17, 15) is 0 Å². The molecule has 0 atom stereocenters. The summed E-state index contributed by atoms with van der Waals surface area (Å²) in [4.78, 5) is 0. The molecule has 27 heavy (non-hydrogen) atoms. The minimum absolute atomic E-state index is 0.590.